The molecule has 1 atom stereocenters. The summed E-state index contributed by atoms with van der Waals surface area (Å²) in [6, 6.07) is 4.94. The van der Waals surface area contributed by atoms with Crippen LogP contribution in [0.2, 0.25) is 0 Å². The number of hydrogen-bond donors (Lipinski definition) is 2. The van der Waals surface area contributed by atoms with Crippen molar-refractivity contribution in [3.05, 3.63) is 29.8 Å². The van der Waals surface area contributed by atoms with E-state index < -0.39 is 10.0 Å². The highest BCUT2D eigenvalue weighted by molar-refractivity contribution is 7.89. The molecule has 0 aromatic heterocycles. The van der Waals surface area contributed by atoms with Crippen LogP contribution >= 0.6 is 12.4 Å². The molecule has 1 aliphatic heterocycles. The summed E-state index contributed by atoms with van der Waals surface area (Å²) in [4.78, 5) is 14.0. The Morgan fingerprint density at radius 3 is 2.72 bits per heavy atom. The van der Waals surface area contributed by atoms with Gasteiger partial charge in [-0.05, 0) is 43.8 Å². The number of nitrogens with zero attached hydrogens (tertiary/aromatic N) is 1. The lowest BCUT2D eigenvalue weighted by molar-refractivity contribution is -0.126. The molecule has 0 saturated carbocycles. The number of ether oxygens (including phenoxy) is 1. The Bertz CT molecular complexity index is 731. The second-order valence-corrected chi connectivity index (χ2v) is 7.40. The Labute approximate surface area is 154 Å². The van der Waals surface area contributed by atoms with Crippen LogP contribution in [-0.4, -0.2) is 59.6 Å². The zero-order chi connectivity index (χ0) is 17.7. The fourth-order valence-electron chi connectivity index (χ4n) is 2.55. The molecule has 0 aliphatic carbocycles. The first-order valence-corrected chi connectivity index (χ1v) is 9.14. The monoisotopic (exact) mass is 389 g/mol. The average Bonchev–Trinajstić information content (AvgIpc) is 3.13. The van der Waals surface area contributed by atoms with E-state index in [1.165, 1.54) is 26.3 Å². The first kappa shape index (κ1) is 21.4. The van der Waals surface area contributed by atoms with E-state index in [-0.39, 0.29) is 35.0 Å². The Balaban J connectivity index is 0.00000312. The molecule has 1 unspecified atom stereocenters. The fourth-order valence-corrected chi connectivity index (χ4v) is 3.48. The number of likely N-dealkylation sites (N-methyl/N-ethyl adjacent to an activating group) is 1. The van der Waals surface area contributed by atoms with Crippen LogP contribution in [0.25, 0.3) is 6.08 Å². The van der Waals surface area contributed by atoms with Crippen LogP contribution in [0.3, 0.4) is 0 Å². The van der Waals surface area contributed by atoms with E-state index in [0.717, 1.165) is 19.5 Å². The summed E-state index contributed by atoms with van der Waals surface area (Å²) in [5.74, 6) is 0.138. The maximum atomic E-state index is 12.2. The molecule has 2 N–H and O–H groups in total. The molecule has 1 aliphatic rings. The molecule has 1 saturated heterocycles. The van der Waals surface area contributed by atoms with Crippen molar-refractivity contribution in [2.75, 3.05) is 34.3 Å². The molecular formula is C16H24ClN3O4S. The van der Waals surface area contributed by atoms with Gasteiger partial charge in [-0.1, -0.05) is 6.07 Å². The predicted molar refractivity (Wildman–Crippen MR) is 99.6 cm³/mol. The van der Waals surface area contributed by atoms with Crippen molar-refractivity contribution < 1.29 is 17.9 Å². The Kier molecular flexibility index (Phi) is 7.88. The van der Waals surface area contributed by atoms with Gasteiger partial charge in [-0.25, -0.2) is 13.1 Å². The van der Waals surface area contributed by atoms with Gasteiger partial charge >= 0.3 is 0 Å². The summed E-state index contributed by atoms with van der Waals surface area (Å²) in [5.41, 5.74) is 0.607. The van der Waals surface area contributed by atoms with Crippen LogP contribution in [-0.2, 0) is 14.8 Å². The van der Waals surface area contributed by atoms with Gasteiger partial charge in [0.15, 0.2) is 0 Å². The van der Waals surface area contributed by atoms with Crippen LogP contribution in [0.4, 0.5) is 0 Å². The van der Waals surface area contributed by atoms with Gasteiger partial charge in [0.25, 0.3) is 0 Å². The number of sulfonamides is 1. The zero-order valence-electron chi connectivity index (χ0n) is 14.5. The molecule has 1 aromatic rings. The average molecular weight is 390 g/mol. The summed E-state index contributed by atoms with van der Waals surface area (Å²) in [5, 5.41) is 3.22. The number of nitrogens with one attached hydrogen (secondary N) is 2. The predicted octanol–water partition coefficient (Wildman–Crippen LogP) is 0.859. The topological polar surface area (TPSA) is 87.7 Å². The molecule has 7 nitrogen and oxygen atoms in total. The second kappa shape index (κ2) is 9.19. The van der Waals surface area contributed by atoms with Crippen molar-refractivity contribution >= 4 is 34.4 Å². The van der Waals surface area contributed by atoms with Gasteiger partial charge < -0.3 is 15.0 Å². The maximum absolute atomic E-state index is 12.2. The largest absolute Gasteiger partial charge is 0.495 e. The molecule has 1 aromatic carbocycles. The number of hydrogen-bond acceptors (Lipinski definition) is 5. The number of rotatable bonds is 6. The molecule has 140 valence electrons. The van der Waals surface area contributed by atoms with Gasteiger partial charge in [-0.2, -0.15) is 0 Å². The number of methoxy groups -OCH3 is 1. The maximum Gasteiger partial charge on any atom is 0.246 e. The van der Waals surface area contributed by atoms with Gasteiger partial charge in [0.05, 0.1) is 7.11 Å². The minimum Gasteiger partial charge on any atom is -0.495 e. The molecular weight excluding hydrogens is 366 g/mol. The van der Waals surface area contributed by atoms with Crippen LogP contribution in [0.15, 0.2) is 29.2 Å². The van der Waals surface area contributed by atoms with Crippen molar-refractivity contribution in [3.8, 4) is 5.75 Å². The lowest BCUT2D eigenvalue weighted by Crippen LogP contribution is -2.37. The minimum absolute atomic E-state index is 0. The smallest absolute Gasteiger partial charge is 0.246 e. The molecule has 0 radical (unpaired) electrons. The van der Waals surface area contributed by atoms with Crippen LogP contribution in [0.5, 0.6) is 5.75 Å². The first-order valence-electron chi connectivity index (χ1n) is 7.66. The van der Waals surface area contributed by atoms with E-state index in [1.54, 1.807) is 30.2 Å². The summed E-state index contributed by atoms with van der Waals surface area (Å²) in [7, 11) is 0.878. The van der Waals surface area contributed by atoms with E-state index in [4.69, 9.17) is 4.74 Å². The summed E-state index contributed by atoms with van der Waals surface area (Å²) >= 11 is 0. The van der Waals surface area contributed by atoms with Crippen molar-refractivity contribution in [1.29, 1.82) is 0 Å². The summed E-state index contributed by atoms with van der Waals surface area (Å²) in [6.07, 6.45) is 3.99. The fraction of sp³-hybridized carbons (Fsp3) is 0.438. The van der Waals surface area contributed by atoms with Gasteiger partial charge in [-0.15, -0.1) is 12.4 Å². The molecule has 1 fully saturated rings. The highest BCUT2D eigenvalue weighted by Gasteiger charge is 2.22. The first-order chi connectivity index (χ1) is 11.4. The number of amides is 1. The highest BCUT2D eigenvalue weighted by atomic mass is 35.5. The quantitative estimate of drug-likeness (QED) is 0.704. The molecule has 1 amide bonds. The number of carbonyl (C=O) groups is 1. The SMILES string of the molecule is CNS(=O)(=O)c1cc(C=CC(=O)N(C)C2CCNC2)ccc1OC.Cl. The van der Waals surface area contributed by atoms with Gasteiger partial charge in [-0.3, -0.25) is 4.79 Å². The molecule has 1 heterocycles. The Hall–Kier alpha value is -1.61. The Morgan fingerprint density at radius 2 is 2.16 bits per heavy atom. The lowest BCUT2D eigenvalue weighted by atomic mass is 10.2. The summed E-state index contributed by atoms with van der Waals surface area (Å²) in [6.45, 7) is 1.71. The number of carbonyl (C=O) groups excluding carboxylic acids is 1. The van der Waals surface area contributed by atoms with Crippen molar-refractivity contribution in [2.24, 2.45) is 0 Å². The minimum atomic E-state index is -3.64. The van der Waals surface area contributed by atoms with E-state index in [1.807, 2.05) is 0 Å². The number of halogens is 1. The van der Waals surface area contributed by atoms with E-state index >= 15 is 0 Å². The normalized spacial score (nSPS) is 17.3. The standard InChI is InChI=1S/C16H23N3O4S.ClH/c1-17-24(21,22)15-10-12(4-6-14(15)23-3)5-7-16(20)19(2)13-8-9-18-11-13;/h4-7,10,13,17-18H,8-9,11H2,1-3H3;1H. The van der Waals surface area contributed by atoms with E-state index in [9.17, 15) is 13.2 Å². The van der Waals surface area contributed by atoms with Gasteiger partial charge in [0.2, 0.25) is 15.9 Å². The van der Waals surface area contributed by atoms with Gasteiger partial charge in [0.1, 0.15) is 10.6 Å². The third-order valence-electron chi connectivity index (χ3n) is 4.09. The van der Waals surface area contributed by atoms with Crippen molar-refractivity contribution in [1.82, 2.24) is 14.9 Å². The van der Waals surface area contributed by atoms with Crippen molar-refractivity contribution in [3.63, 3.8) is 0 Å². The Morgan fingerprint density at radius 1 is 1.44 bits per heavy atom. The van der Waals surface area contributed by atoms with Crippen molar-refractivity contribution in [2.45, 2.75) is 17.4 Å². The van der Waals surface area contributed by atoms with Crippen LogP contribution < -0.4 is 14.8 Å². The number of benzene rings is 1. The van der Waals surface area contributed by atoms with Crippen LogP contribution in [0.1, 0.15) is 12.0 Å². The molecule has 9 heteroatoms. The molecule has 25 heavy (non-hydrogen) atoms. The highest BCUT2D eigenvalue weighted by Crippen LogP contribution is 2.25. The van der Waals surface area contributed by atoms with Gasteiger partial charge in [0, 0.05) is 25.7 Å². The molecule has 2 rings (SSSR count). The summed E-state index contributed by atoms with van der Waals surface area (Å²) < 4.78 is 31.5. The molecule has 0 bridgehead atoms. The lowest BCUT2D eigenvalue weighted by Gasteiger charge is -2.22. The third kappa shape index (κ3) is 5.18. The second-order valence-electron chi connectivity index (χ2n) is 5.55. The van der Waals surface area contributed by atoms with E-state index in [0.29, 0.717) is 5.56 Å². The third-order valence-corrected chi connectivity index (χ3v) is 5.53. The van der Waals surface area contributed by atoms with Crippen LogP contribution in [0, 0.1) is 0 Å². The molecule has 0 spiro atoms. The zero-order valence-corrected chi connectivity index (χ0v) is 16.1. The van der Waals surface area contributed by atoms with E-state index in [2.05, 4.69) is 10.0 Å².